The minimum absolute atomic E-state index is 0.150. The Morgan fingerprint density at radius 2 is 1.46 bits per heavy atom. The molecular weight excluding hydrogens is 314 g/mol. The summed E-state index contributed by atoms with van der Waals surface area (Å²) in [6, 6.07) is 9.52. The topological polar surface area (TPSA) is 12.9 Å². The first kappa shape index (κ1) is 16.5. The second-order valence-corrected chi connectivity index (χ2v) is 10.5. The molecule has 3 aliphatic carbocycles. The smallest absolute Gasteiger partial charge is 0.0705 e. The molecule has 2 unspecified atom stereocenters. The second-order valence-electron chi connectivity index (χ2n) is 10.5. The van der Waals surface area contributed by atoms with Gasteiger partial charge in [-0.25, -0.2) is 0 Å². The maximum Gasteiger partial charge on any atom is 0.0705 e. The minimum atomic E-state index is 0.150. The van der Waals surface area contributed by atoms with Crippen LogP contribution in [0.25, 0.3) is 11.3 Å². The van der Waals surface area contributed by atoms with Crippen molar-refractivity contribution in [3.05, 3.63) is 52.7 Å². The van der Waals surface area contributed by atoms with Crippen LogP contribution in [0.5, 0.6) is 0 Å². The van der Waals surface area contributed by atoms with Crippen molar-refractivity contribution in [2.45, 2.75) is 83.5 Å². The molecule has 0 spiro atoms. The quantitative estimate of drug-likeness (QED) is 0.560. The Hall–Kier alpha value is -1.63. The van der Waals surface area contributed by atoms with Crippen LogP contribution in [0.4, 0.5) is 0 Å². The molecule has 2 aromatic rings. The highest BCUT2D eigenvalue weighted by atomic mass is 14.7. The number of aromatic nitrogens is 1. The highest BCUT2D eigenvalue weighted by Crippen LogP contribution is 2.62. The summed E-state index contributed by atoms with van der Waals surface area (Å²) in [4.78, 5) is 4.89. The maximum absolute atomic E-state index is 4.89. The van der Waals surface area contributed by atoms with Crippen LogP contribution in [-0.4, -0.2) is 4.98 Å². The summed E-state index contributed by atoms with van der Waals surface area (Å²) < 4.78 is 0. The third-order valence-electron chi connectivity index (χ3n) is 9.07. The molecule has 1 aromatic heterocycles. The Labute approximate surface area is 158 Å². The first-order chi connectivity index (χ1) is 12.1. The van der Waals surface area contributed by atoms with Gasteiger partial charge in [0.15, 0.2) is 0 Å². The first-order valence-corrected chi connectivity index (χ1v) is 10.3. The average molecular weight is 346 g/mol. The Morgan fingerprint density at radius 3 is 2.19 bits per heavy atom. The highest BCUT2D eigenvalue weighted by molar-refractivity contribution is 5.66. The zero-order chi connectivity index (χ0) is 18.5. The molecule has 5 rings (SSSR count). The number of pyridine rings is 1. The van der Waals surface area contributed by atoms with E-state index in [1.165, 1.54) is 41.5 Å². The Bertz CT molecular complexity index is 916. The lowest BCUT2D eigenvalue weighted by Crippen LogP contribution is -2.42. The van der Waals surface area contributed by atoms with Gasteiger partial charge in [-0.15, -0.1) is 0 Å². The Kier molecular flexibility index (Phi) is 3.05. The molecule has 1 aromatic carbocycles. The van der Waals surface area contributed by atoms with Crippen LogP contribution in [0.3, 0.4) is 0 Å². The number of nitrogens with zero attached hydrogens (tertiary/aromatic N) is 1. The fraction of sp³-hybridized carbons (Fsp3) is 0.560. The molecule has 1 saturated carbocycles. The molecule has 0 amide bonds. The van der Waals surface area contributed by atoms with E-state index in [-0.39, 0.29) is 16.2 Å². The molecule has 3 aliphatic rings. The normalized spacial score (nSPS) is 28.8. The van der Waals surface area contributed by atoms with Crippen LogP contribution in [0, 0.1) is 5.41 Å². The van der Waals surface area contributed by atoms with Crippen molar-refractivity contribution >= 4 is 0 Å². The summed E-state index contributed by atoms with van der Waals surface area (Å²) in [5, 5.41) is 0. The summed E-state index contributed by atoms with van der Waals surface area (Å²) in [7, 11) is 0. The SMILES string of the molecule is CC1(C)c2ccc(-c3cc4c(cn3)C3CCC4C3)cc2C(C)(C)C1(C)C. The monoisotopic (exact) mass is 345 g/mol. The van der Waals surface area contributed by atoms with Gasteiger partial charge in [-0.3, -0.25) is 4.98 Å². The van der Waals surface area contributed by atoms with E-state index in [9.17, 15) is 0 Å². The lowest BCUT2D eigenvalue weighted by Gasteiger charge is -2.44. The largest absolute Gasteiger partial charge is 0.256 e. The van der Waals surface area contributed by atoms with Gasteiger partial charge in [0.1, 0.15) is 0 Å². The molecule has 1 nitrogen and oxygen atoms in total. The highest BCUT2D eigenvalue weighted by Gasteiger charge is 2.56. The average Bonchev–Trinajstić information content (AvgIpc) is 3.24. The van der Waals surface area contributed by atoms with Crippen LogP contribution in [0.15, 0.2) is 30.5 Å². The fourth-order valence-corrected chi connectivity index (χ4v) is 6.10. The van der Waals surface area contributed by atoms with E-state index in [0.717, 1.165) is 17.5 Å². The van der Waals surface area contributed by atoms with Gasteiger partial charge >= 0.3 is 0 Å². The molecule has 26 heavy (non-hydrogen) atoms. The van der Waals surface area contributed by atoms with Crippen LogP contribution >= 0.6 is 0 Å². The molecule has 1 heterocycles. The zero-order valence-electron chi connectivity index (χ0n) is 17.1. The van der Waals surface area contributed by atoms with Crippen molar-refractivity contribution in [3.8, 4) is 11.3 Å². The molecule has 1 heteroatoms. The summed E-state index contributed by atoms with van der Waals surface area (Å²) in [5.41, 5.74) is 9.14. The van der Waals surface area contributed by atoms with Gasteiger partial charge in [0.25, 0.3) is 0 Å². The van der Waals surface area contributed by atoms with E-state index in [0.29, 0.717) is 0 Å². The molecule has 0 saturated heterocycles. The van der Waals surface area contributed by atoms with Crippen LogP contribution in [0.1, 0.15) is 94.9 Å². The Balaban J connectivity index is 1.63. The van der Waals surface area contributed by atoms with Gasteiger partial charge in [0.2, 0.25) is 0 Å². The lowest BCUT2D eigenvalue weighted by molar-refractivity contribution is 0.125. The van der Waals surface area contributed by atoms with Crippen molar-refractivity contribution in [2.75, 3.05) is 0 Å². The molecule has 136 valence electrons. The molecule has 2 atom stereocenters. The standard InChI is InChI=1S/C25H31N/c1-23(2)20-10-9-17(12-21(20)24(3,4)25(23,5)6)22-13-18-15-7-8-16(11-15)19(18)14-26-22/h9-10,12-16H,7-8,11H2,1-6H3. The summed E-state index contributed by atoms with van der Waals surface area (Å²) in [6.45, 7) is 14.5. The number of hydrogen-bond donors (Lipinski definition) is 0. The van der Waals surface area contributed by atoms with E-state index in [2.05, 4.69) is 72.0 Å². The number of fused-ring (bicyclic) bond motifs is 6. The van der Waals surface area contributed by atoms with Gasteiger partial charge in [-0.05, 0) is 81.7 Å². The van der Waals surface area contributed by atoms with E-state index in [1.807, 2.05) is 0 Å². The third-order valence-corrected chi connectivity index (χ3v) is 9.07. The molecule has 1 fully saturated rings. The van der Waals surface area contributed by atoms with E-state index in [4.69, 9.17) is 4.98 Å². The molecule has 0 radical (unpaired) electrons. The summed E-state index contributed by atoms with van der Waals surface area (Å²) >= 11 is 0. The zero-order valence-corrected chi connectivity index (χ0v) is 17.1. The predicted molar refractivity (Wildman–Crippen MR) is 109 cm³/mol. The Morgan fingerprint density at radius 1 is 0.808 bits per heavy atom. The third kappa shape index (κ3) is 1.80. The van der Waals surface area contributed by atoms with E-state index < -0.39 is 0 Å². The maximum atomic E-state index is 4.89. The molecule has 2 bridgehead atoms. The van der Waals surface area contributed by atoms with E-state index in [1.54, 1.807) is 5.56 Å². The lowest BCUT2D eigenvalue weighted by atomic mass is 9.59. The number of rotatable bonds is 1. The first-order valence-electron chi connectivity index (χ1n) is 10.3. The van der Waals surface area contributed by atoms with Crippen LogP contribution in [-0.2, 0) is 10.8 Å². The van der Waals surface area contributed by atoms with Gasteiger partial charge < -0.3 is 0 Å². The second kappa shape index (κ2) is 4.80. The van der Waals surface area contributed by atoms with Crippen LogP contribution in [0.2, 0.25) is 0 Å². The molecule has 0 aliphatic heterocycles. The van der Waals surface area contributed by atoms with Crippen molar-refractivity contribution in [3.63, 3.8) is 0 Å². The van der Waals surface area contributed by atoms with Gasteiger partial charge in [-0.2, -0.15) is 0 Å². The van der Waals surface area contributed by atoms with Gasteiger partial charge in [0, 0.05) is 11.8 Å². The van der Waals surface area contributed by atoms with Crippen molar-refractivity contribution in [1.29, 1.82) is 0 Å². The van der Waals surface area contributed by atoms with Crippen molar-refractivity contribution < 1.29 is 0 Å². The predicted octanol–water partition coefficient (Wildman–Crippen LogP) is 6.71. The van der Waals surface area contributed by atoms with Gasteiger partial charge in [-0.1, -0.05) is 53.7 Å². The minimum Gasteiger partial charge on any atom is -0.256 e. The number of hydrogen-bond acceptors (Lipinski definition) is 1. The van der Waals surface area contributed by atoms with Crippen molar-refractivity contribution in [1.82, 2.24) is 4.98 Å². The van der Waals surface area contributed by atoms with E-state index >= 15 is 0 Å². The number of benzene rings is 1. The summed E-state index contributed by atoms with van der Waals surface area (Å²) in [5.74, 6) is 1.58. The molecule has 0 N–H and O–H groups in total. The molecular formula is C25H31N. The van der Waals surface area contributed by atoms with Gasteiger partial charge in [0.05, 0.1) is 5.69 Å². The fourth-order valence-electron chi connectivity index (χ4n) is 6.10. The van der Waals surface area contributed by atoms with Crippen LogP contribution < -0.4 is 0 Å². The summed E-state index contributed by atoms with van der Waals surface area (Å²) in [6.07, 6.45) is 6.29. The van der Waals surface area contributed by atoms with Crippen molar-refractivity contribution in [2.24, 2.45) is 5.41 Å².